The molecule has 2 heterocycles. The number of para-hydroxylation sites is 2. The number of anilines is 2. The van der Waals surface area contributed by atoms with Crippen LogP contribution >= 0.6 is 0 Å². The van der Waals surface area contributed by atoms with Gasteiger partial charge in [-0.1, -0.05) is 12.1 Å². The van der Waals surface area contributed by atoms with Crippen LogP contribution in [0, 0.1) is 0 Å². The Kier molecular flexibility index (Phi) is 2.98. The van der Waals surface area contributed by atoms with Gasteiger partial charge in [0.1, 0.15) is 0 Å². The van der Waals surface area contributed by atoms with Gasteiger partial charge in [-0.25, -0.2) is 9.97 Å². The molecule has 0 unspecified atom stereocenters. The van der Waals surface area contributed by atoms with Gasteiger partial charge in [-0.2, -0.15) is 0 Å². The van der Waals surface area contributed by atoms with Crippen molar-refractivity contribution in [1.82, 2.24) is 9.97 Å². The molecule has 5 heteroatoms. The first kappa shape index (κ1) is 12.2. The summed E-state index contributed by atoms with van der Waals surface area (Å²) in [5, 5.41) is 3.44. The lowest BCUT2D eigenvalue weighted by Crippen LogP contribution is -2.41. The summed E-state index contributed by atoms with van der Waals surface area (Å²) in [6, 6.07) is 7.74. The Labute approximate surface area is 112 Å². The Morgan fingerprint density at radius 1 is 1.16 bits per heavy atom. The third-order valence-electron chi connectivity index (χ3n) is 3.61. The van der Waals surface area contributed by atoms with Crippen LogP contribution in [-0.2, 0) is 4.74 Å². The highest BCUT2D eigenvalue weighted by Crippen LogP contribution is 2.27. The molecular formula is C14H18N4O. The van der Waals surface area contributed by atoms with Crippen LogP contribution in [0.15, 0.2) is 24.3 Å². The molecule has 5 nitrogen and oxygen atoms in total. The third kappa shape index (κ3) is 2.46. The number of nitrogens with one attached hydrogen (secondary N) is 1. The number of hydrogen-bond donors (Lipinski definition) is 2. The van der Waals surface area contributed by atoms with Crippen molar-refractivity contribution in [3.63, 3.8) is 0 Å². The number of rotatable bonds is 2. The number of fused-ring (bicyclic) bond motifs is 1. The van der Waals surface area contributed by atoms with Crippen LogP contribution in [0.1, 0.15) is 19.8 Å². The van der Waals surface area contributed by atoms with E-state index in [9.17, 15) is 0 Å². The molecule has 0 atom stereocenters. The highest BCUT2D eigenvalue weighted by atomic mass is 16.5. The van der Waals surface area contributed by atoms with E-state index in [1.54, 1.807) is 0 Å². The maximum atomic E-state index is 6.00. The molecule has 0 aliphatic carbocycles. The second-order valence-corrected chi connectivity index (χ2v) is 5.24. The molecule has 0 amide bonds. The number of aromatic nitrogens is 2. The van der Waals surface area contributed by atoms with Crippen molar-refractivity contribution in [2.75, 3.05) is 24.3 Å². The van der Waals surface area contributed by atoms with Crippen molar-refractivity contribution in [3.8, 4) is 0 Å². The van der Waals surface area contributed by atoms with E-state index in [0.29, 0.717) is 11.6 Å². The number of benzene rings is 1. The first-order valence-electron chi connectivity index (χ1n) is 6.54. The summed E-state index contributed by atoms with van der Waals surface area (Å²) >= 11 is 0. The van der Waals surface area contributed by atoms with Crippen LogP contribution in [0.3, 0.4) is 0 Å². The van der Waals surface area contributed by atoms with Crippen LogP contribution in [0.2, 0.25) is 0 Å². The molecule has 0 spiro atoms. The number of ether oxygens (including phenoxy) is 1. The minimum absolute atomic E-state index is 0.0243. The van der Waals surface area contributed by atoms with Gasteiger partial charge < -0.3 is 15.8 Å². The number of hydrogen-bond acceptors (Lipinski definition) is 5. The molecule has 3 N–H and O–H groups in total. The van der Waals surface area contributed by atoms with E-state index in [4.69, 9.17) is 10.5 Å². The summed E-state index contributed by atoms with van der Waals surface area (Å²) < 4.78 is 5.40. The maximum absolute atomic E-state index is 6.00. The van der Waals surface area contributed by atoms with Gasteiger partial charge in [0.05, 0.1) is 11.0 Å². The van der Waals surface area contributed by atoms with Gasteiger partial charge in [0.15, 0.2) is 11.6 Å². The predicted octanol–water partition coefficient (Wildman–Crippen LogP) is 2.19. The van der Waals surface area contributed by atoms with Gasteiger partial charge in [0.2, 0.25) is 0 Å². The Hall–Kier alpha value is -1.88. The predicted molar refractivity (Wildman–Crippen MR) is 76.0 cm³/mol. The van der Waals surface area contributed by atoms with E-state index < -0.39 is 0 Å². The Balaban J connectivity index is 1.93. The second kappa shape index (κ2) is 4.66. The standard InChI is InChI=1S/C14H18N4O/c1-14(6-8-19-9-7-14)18-13-12(15)16-10-4-2-3-5-11(10)17-13/h2-5H,6-9H2,1H3,(H2,15,16)(H,17,18). The zero-order chi connectivity index (χ0) is 13.3. The van der Waals surface area contributed by atoms with Crippen molar-refractivity contribution in [2.45, 2.75) is 25.3 Å². The van der Waals surface area contributed by atoms with E-state index in [-0.39, 0.29) is 5.54 Å². The average molecular weight is 258 g/mol. The summed E-state index contributed by atoms with van der Waals surface area (Å²) in [5.41, 5.74) is 7.65. The molecule has 3 rings (SSSR count). The van der Waals surface area contributed by atoms with Crippen molar-refractivity contribution < 1.29 is 4.74 Å². The zero-order valence-corrected chi connectivity index (χ0v) is 11.0. The van der Waals surface area contributed by atoms with E-state index in [2.05, 4.69) is 22.2 Å². The van der Waals surface area contributed by atoms with Gasteiger partial charge >= 0.3 is 0 Å². The van der Waals surface area contributed by atoms with Crippen LogP contribution in [0.5, 0.6) is 0 Å². The number of nitrogen functional groups attached to an aromatic ring is 1. The van der Waals surface area contributed by atoms with Gasteiger partial charge in [0, 0.05) is 18.8 Å². The molecule has 1 aliphatic heterocycles. The molecule has 0 saturated carbocycles. The highest BCUT2D eigenvalue weighted by molar-refractivity contribution is 5.79. The summed E-state index contributed by atoms with van der Waals surface area (Å²) in [6.07, 6.45) is 1.89. The summed E-state index contributed by atoms with van der Waals surface area (Å²) in [4.78, 5) is 8.97. The summed E-state index contributed by atoms with van der Waals surface area (Å²) in [5.74, 6) is 1.12. The third-order valence-corrected chi connectivity index (χ3v) is 3.61. The fourth-order valence-electron chi connectivity index (χ4n) is 2.34. The molecule has 19 heavy (non-hydrogen) atoms. The monoisotopic (exact) mass is 258 g/mol. The summed E-state index contributed by atoms with van der Waals surface area (Å²) in [7, 11) is 0. The van der Waals surface area contributed by atoms with Crippen molar-refractivity contribution in [2.24, 2.45) is 0 Å². The molecule has 0 radical (unpaired) electrons. The van der Waals surface area contributed by atoms with Gasteiger partial charge in [0.25, 0.3) is 0 Å². The van der Waals surface area contributed by atoms with E-state index in [1.807, 2.05) is 24.3 Å². The molecule has 2 aromatic rings. The minimum atomic E-state index is -0.0243. The van der Waals surface area contributed by atoms with E-state index in [1.165, 1.54) is 0 Å². The van der Waals surface area contributed by atoms with Crippen LogP contribution in [0.25, 0.3) is 11.0 Å². The minimum Gasteiger partial charge on any atom is -0.381 e. The molecule has 100 valence electrons. The van der Waals surface area contributed by atoms with Crippen molar-refractivity contribution >= 4 is 22.7 Å². The molecular weight excluding hydrogens is 240 g/mol. The lowest BCUT2D eigenvalue weighted by Gasteiger charge is -2.35. The molecule has 1 aromatic heterocycles. The smallest absolute Gasteiger partial charge is 0.169 e. The van der Waals surface area contributed by atoms with E-state index >= 15 is 0 Å². The van der Waals surface area contributed by atoms with Crippen LogP contribution < -0.4 is 11.1 Å². The van der Waals surface area contributed by atoms with Crippen LogP contribution in [0.4, 0.5) is 11.6 Å². The molecule has 1 aliphatic rings. The summed E-state index contributed by atoms with van der Waals surface area (Å²) in [6.45, 7) is 3.71. The average Bonchev–Trinajstić information content (AvgIpc) is 2.40. The molecule has 1 saturated heterocycles. The lowest BCUT2D eigenvalue weighted by atomic mass is 9.92. The number of nitrogens with two attached hydrogens (primary N) is 1. The number of nitrogens with zero attached hydrogens (tertiary/aromatic N) is 2. The molecule has 1 fully saturated rings. The maximum Gasteiger partial charge on any atom is 0.169 e. The van der Waals surface area contributed by atoms with Crippen molar-refractivity contribution in [3.05, 3.63) is 24.3 Å². The SMILES string of the molecule is CC1(Nc2nc3ccccc3nc2N)CCOCC1. The van der Waals surface area contributed by atoms with Gasteiger partial charge in [-0.15, -0.1) is 0 Å². The Morgan fingerprint density at radius 3 is 2.47 bits per heavy atom. The van der Waals surface area contributed by atoms with Crippen molar-refractivity contribution in [1.29, 1.82) is 0 Å². The Bertz CT molecular complexity index is 593. The van der Waals surface area contributed by atoms with E-state index in [0.717, 1.165) is 37.1 Å². The first-order valence-corrected chi connectivity index (χ1v) is 6.54. The van der Waals surface area contributed by atoms with Gasteiger partial charge in [-0.05, 0) is 31.9 Å². The Morgan fingerprint density at radius 2 is 1.79 bits per heavy atom. The first-order chi connectivity index (χ1) is 9.16. The van der Waals surface area contributed by atoms with Gasteiger partial charge in [-0.3, -0.25) is 0 Å². The topological polar surface area (TPSA) is 73.1 Å². The highest BCUT2D eigenvalue weighted by Gasteiger charge is 2.28. The zero-order valence-electron chi connectivity index (χ0n) is 11.0. The molecule has 1 aromatic carbocycles. The second-order valence-electron chi connectivity index (χ2n) is 5.24. The fourth-order valence-corrected chi connectivity index (χ4v) is 2.34. The largest absolute Gasteiger partial charge is 0.381 e. The lowest BCUT2D eigenvalue weighted by molar-refractivity contribution is 0.0657. The quantitative estimate of drug-likeness (QED) is 0.863. The van der Waals surface area contributed by atoms with Crippen LogP contribution in [-0.4, -0.2) is 28.7 Å². The molecule has 0 bridgehead atoms. The fraction of sp³-hybridized carbons (Fsp3) is 0.429. The normalized spacial score (nSPS) is 18.4.